The maximum absolute atomic E-state index is 12.3. The molecule has 0 bridgehead atoms. The fourth-order valence-electron chi connectivity index (χ4n) is 2.23. The average molecular weight is 297 g/mol. The molecule has 1 fully saturated rings. The minimum atomic E-state index is -4.21. The number of rotatable bonds is 2. The normalized spacial score (nSPS) is 16.6. The van der Waals surface area contributed by atoms with Crippen LogP contribution in [0.5, 0.6) is 0 Å². The fourth-order valence-corrected chi connectivity index (χ4v) is 2.23. The molecule has 1 heterocycles. The second kappa shape index (κ2) is 6.14. The summed E-state index contributed by atoms with van der Waals surface area (Å²) >= 11 is 0. The standard InChI is InChI=1S/C14H14F3N3O/c15-14(16,17)10-19-5-7-20(8-6-19)13(21)12-3-1-11(9-18)2-4-12/h1-4H,5-8,10H2. The summed E-state index contributed by atoms with van der Waals surface area (Å²) < 4.78 is 36.9. The molecule has 0 spiro atoms. The summed E-state index contributed by atoms with van der Waals surface area (Å²) in [6.45, 7) is 0.0266. The van der Waals surface area contributed by atoms with Gasteiger partial charge < -0.3 is 4.90 Å². The minimum absolute atomic E-state index is 0.210. The van der Waals surface area contributed by atoms with Crippen LogP contribution in [0.2, 0.25) is 0 Å². The first kappa shape index (κ1) is 15.3. The molecule has 0 aliphatic carbocycles. The highest BCUT2D eigenvalue weighted by molar-refractivity contribution is 5.94. The number of amides is 1. The molecule has 1 aliphatic rings. The predicted molar refractivity (Wildman–Crippen MR) is 69.6 cm³/mol. The summed E-state index contributed by atoms with van der Waals surface area (Å²) in [4.78, 5) is 15.0. The van der Waals surface area contributed by atoms with E-state index in [4.69, 9.17) is 5.26 Å². The summed E-state index contributed by atoms with van der Waals surface area (Å²) in [5, 5.41) is 8.70. The third-order valence-electron chi connectivity index (χ3n) is 3.32. The molecule has 21 heavy (non-hydrogen) atoms. The van der Waals surface area contributed by atoms with Gasteiger partial charge in [-0.15, -0.1) is 0 Å². The van der Waals surface area contributed by atoms with Gasteiger partial charge in [0.1, 0.15) is 0 Å². The molecule has 0 N–H and O–H groups in total. The lowest BCUT2D eigenvalue weighted by Gasteiger charge is -2.35. The van der Waals surface area contributed by atoms with Crippen molar-refractivity contribution in [2.75, 3.05) is 32.7 Å². The first-order chi connectivity index (χ1) is 9.89. The largest absolute Gasteiger partial charge is 0.401 e. The molecule has 4 nitrogen and oxygen atoms in total. The van der Waals surface area contributed by atoms with Crippen molar-refractivity contribution >= 4 is 5.91 Å². The Hall–Kier alpha value is -2.07. The van der Waals surface area contributed by atoms with Gasteiger partial charge in [0.15, 0.2) is 0 Å². The van der Waals surface area contributed by atoms with Gasteiger partial charge >= 0.3 is 6.18 Å². The van der Waals surface area contributed by atoms with Crippen molar-refractivity contribution in [2.45, 2.75) is 6.18 Å². The monoisotopic (exact) mass is 297 g/mol. The molecule has 2 rings (SSSR count). The number of piperazine rings is 1. The van der Waals surface area contributed by atoms with Gasteiger partial charge in [-0.1, -0.05) is 0 Å². The zero-order valence-electron chi connectivity index (χ0n) is 11.2. The van der Waals surface area contributed by atoms with E-state index in [0.29, 0.717) is 11.1 Å². The Bertz CT molecular complexity index is 540. The van der Waals surface area contributed by atoms with E-state index < -0.39 is 12.7 Å². The van der Waals surface area contributed by atoms with Crippen molar-refractivity contribution in [3.8, 4) is 6.07 Å². The van der Waals surface area contributed by atoms with Gasteiger partial charge in [0.05, 0.1) is 18.2 Å². The van der Waals surface area contributed by atoms with E-state index in [1.165, 1.54) is 9.80 Å². The molecule has 0 unspecified atom stereocenters. The van der Waals surface area contributed by atoms with E-state index in [2.05, 4.69) is 0 Å². The van der Waals surface area contributed by atoms with Crippen molar-refractivity contribution in [3.63, 3.8) is 0 Å². The molecule has 1 aromatic carbocycles. The molecular formula is C14H14F3N3O. The summed E-state index contributed by atoms with van der Waals surface area (Å²) in [6, 6.07) is 8.18. The predicted octanol–water partition coefficient (Wildman–Crippen LogP) is 1.88. The van der Waals surface area contributed by atoms with E-state index in [1.54, 1.807) is 24.3 Å². The van der Waals surface area contributed by atoms with Crippen LogP contribution >= 0.6 is 0 Å². The Morgan fingerprint density at radius 1 is 1.14 bits per heavy atom. The Labute approximate surface area is 120 Å². The van der Waals surface area contributed by atoms with E-state index >= 15 is 0 Å². The number of nitrogens with zero attached hydrogens (tertiary/aromatic N) is 3. The van der Waals surface area contributed by atoms with Gasteiger partial charge in [-0.25, -0.2) is 0 Å². The maximum atomic E-state index is 12.3. The Kier molecular flexibility index (Phi) is 4.48. The van der Waals surface area contributed by atoms with Crippen LogP contribution in [0.4, 0.5) is 13.2 Å². The number of benzene rings is 1. The van der Waals surface area contributed by atoms with Crippen LogP contribution in [-0.2, 0) is 0 Å². The molecule has 1 aliphatic heterocycles. The van der Waals surface area contributed by atoms with Crippen molar-refractivity contribution in [1.29, 1.82) is 5.26 Å². The van der Waals surface area contributed by atoms with Gasteiger partial charge in [-0.2, -0.15) is 18.4 Å². The third-order valence-corrected chi connectivity index (χ3v) is 3.32. The van der Waals surface area contributed by atoms with Crippen LogP contribution in [0.1, 0.15) is 15.9 Å². The Morgan fingerprint density at radius 3 is 2.19 bits per heavy atom. The Morgan fingerprint density at radius 2 is 1.71 bits per heavy atom. The SMILES string of the molecule is N#Cc1ccc(C(=O)N2CCN(CC(F)(F)F)CC2)cc1. The van der Waals surface area contributed by atoms with Gasteiger partial charge in [-0.3, -0.25) is 9.69 Å². The van der Waals surface area contributed by atoms with E-state index in [0.717, 1.165) is 0 Å². The lowest BCUT2D eigenvalue weighted by atomic mass is 10.1. The molecule has 0 aromatic heterocycles. The van der Waals surface area contributed by atoms with Gasteiger partial charge in [0, 0.05) is 31.7 Å². The summed E-state index contributed by atoms with van der Waals surface area (Å²) in [5.41, 5.74) is 0.903. The minimum Gasteiger partial charge on any atom is -0.336 e. The lowest BCUT2D eigenvalue weighted by Crippen LogP contribution is -2.50. The highest BCUT2D eigenvalue weighted by atomic mass is 19.4. The highest BCUT2D eigenvalue weighted by Crippen LogP contribution is 2.18. The molecular weight excluding hydrogens is 283 g/mol. The average Bonchev–Trinajstić information content (AvgIpc) is 2.46. The fraction of sp³-hybridized carbons (Fsp3) is 0.429. The van der Waals surface area contributed by atoms with E-state index in [9.17, 15) is 18.0 Å². The van der Waals surface area contributed by atoms with Crippen molar-refractivity contribution < 1.29 is 18.0 Å². The van der Waals surface area contributed by atoms with Crippen molar-refractivity contribution in [2.24, 2.45) is 0 Å². The van der Waals surface area contributed by atoms with Crippen LogP contribution in [0.3, 0.4) is 0 Å². The maximum Gasteiger partial charge on any atom is 0.401 e. The van der Waals surface area contributed by atoms with Crippen molar-refractivity contribution in [1.82, 2.24) is 9.80 Å². The van der Waals surface area contributed by atoms with Crippen LogP contribution in [0, 0.1) is 11.3 Å². The van der Waals surface area contributed by atoms with Gasteiger partial charge in [0.2, 0.25) is 0 Å². The smallest absolute Gasteiger partial charge is 0.336 e. The molecule has 7 heteroatoms. The molecule has 0 saturated carbocycles. The second-order valence-electron chi connectivity index (χ2n) is 4.87. The number of hydrogen-bond acceptors (Lipinski definition) is 3. The zero-order valence-corrected chi connectivity index (χ0v) is 11.2. The van der Waals surface area contributed by atoms with Crippen LogP contribution in [-0.4, -0.2) is 54.6 Å². The summed E-state index contributed by atoms with van der Waals surface area (Å²) in [5.74, 6) is -0.217. The molecule has 1 amide bonds. The highest BCUT2D eigenvalue weighted by Gasteiger charge is 2.32. The molecule has 0 radical (unpaired) electrons. The molecule has 0 atom stereocenters. The molecule has 112 valence electrons. The molecule has 1 saturated heterocycles. The van der Waals surface area contributed by atoms with Crippen LogP contribution < -0.4 is 0 Å². The third kappa shape index (κ3) is 4.20. The topological polar surface area (TPSA) is 47.3 Å². The quantitative estimate of drug-likeness (QED) is 0.837. The zero-order chi connectivity index (χ0) is 15.5. The lowest BCUT2D eigenvalue weighted by molar-refractivity contribution is -0.148. The first-order valence-electron chi connectivity index (χ1n) is 6.47. The van der Waals surface area contributed by atoms with E-state index in [1.807, 2.05) is 6.07 Å². The number of carbonyl (C=O) groups is 1. The number of nitriles is 1. The summed E-state index contributed by atoms with van der Waals surface area (Å²) in [7, 11) is 0. The van der Waals surface area contributed by atoms with Crippen LogP contribution in [0.15, 0.2) is 24.3 Å². The number of hydrogen-bond donors (Lipinski definition) is 0. The first-order valence-corrected chi connectivity index (χ1v) is 6.47. The number of carbonyl (C=O) groups excluding carboxylic acids is 1. The molecule has 1 aromatic rings. The number of halogens is 3. The Balaban J connectivity index is 1.92. The number of alkyl halides is 3. The van der Waals surface area contributed by atoms with Crippen molar-refractivity contribution in [3.05, 3.63) is 35.4 Å². The summed E-state index contributed by atoms with van der Waals surface area (Å²) in [6.07, 6.45) is -4.21. The van der Waals surface area contributed by atoms with Gasteiger partial charge in [0.25, 0.3) is 5.91 Å². The van der Waals surface area contributed by atoms with E-state index in [-0.39, 0.29) is 32.1 Å². The van der Waals surface area contributed by atoms with Crippen LogP contribution in [0.25, 0.3) is 0 Å². The van der Waals surface area contributed by atoms with Gasteiger partial charge in [-0.05, 0) is 24.3 Å². The second-order valence-corrected chi connectivity index (χ2v) is 4.87.